The summed E-state index contributed by atoms with van der Waals surface area (Å²) >= 11 is 0. The van der Waals surface area contributed by atoms with Crippen LogP contribution >= 0.6 is 0 Å². The topological polar surface area (TPSA) is 114 Å². The lowest BCUT2D eigenvalue weighted by atomic mass is 9.93. The Morgan fingerprint density at radius 2 is 2.11 bits per heavy atom. The van der Waals surface area contributed by atoms with Gasteiger partial charge in [-0.15, -0.1) is 0 Å². The molecule has 19 heavy (non-hydrogen) atoms. The van der Waals surface area contributed by atoms with E-state index in [-0.39, 0.29) is 23.2 Å². The van der Waals surface area contributed by atoms with Gasteiger partial charge in [-0.05, 0) is 26.0 Å². The molecule has 8 heteroatoms. The van der Waals surface area contributed by atoms with Crippen LogP contribution in [0.15, 0.2) is 23.4 Å². The second kappa shape index (κ2) is 5.54. The number of pyridine rings is 1. The van der Waals surface area contributed by atoms with Crippen LogP contribution in [-0.2, 0) is 14.8 Å². The molecule has 0 aliphatic carbocycles. The summed E-state index contributed by atoms with van der Waals surface area (Å²) < 4.78 is 26.4. The number of rotatable bonds is 5. The lowest BCUT2D eigenvalue weighted by Gasteiger charge is -2.22. The molecule has 0 aliphatic rings. The molecule has 106 valence electrons. The number of amides is 1. The van der Waals surface area contributed by atoms with Crippen LogP contribution in [0.1, 0.15) is 13.8 Å². The number of nitrogens with one attached hydrogen (secondary N) is 2. The van der Waals surface area contributed by atoms with Gasteiger partial charge in [-0.2, -0.15) is 0 Å². The first-order chi connectivity index (χ1) is 8.70. The zero-order valence-electron chi connectivity index (χ0n) is 11.1. The summed E-state index contributed by atoms with van der Waals surface area (Å²) in [5, 5.41) is 2.24. The predicted molar refractivity (Wildman–Crippen MR) is 71.7 cm³/mol. The number of nitrogen functional groups attached to an aromatic ring is 1. The van der Waals surface area contributed by atoms with Crippen molar-refractivity contribution < 1.29 is 13.2 Å². The standard InChI is InChI=1S/C11H18N4O3S/c1-11(2,10(16)13-3)7-15-19(17,18)9-8(12)5-4-6-14-9/h4-6,15H,7,12H2,1-3H3,(H,13,16). The Morgan fingerprint density at radius 1 is 1.47 bits per heavy atom. The van der Waals surface area contributed by atoms with Crippen molar-refractivity contribution >= 4 is 21.6 Å². The van der Waals surface area contributed by atoms with Crippen LogP contribution in [-0.4, -0.2) is 32.9 Å². The molecule has 0 aromatic carbocycles. The Bertz CT molecular complexity index is 569. The quantitative estimate of drug-likeness (QED) is 0.688. The second-order valence-electron chi connectivity index (χ2n) is 4.69. The Hall–Kier alpha value is -1.67. The first-order valence-corrected chi connectivity index (χ1v) is 7.11. The normalized spacial score (nSPS) is 12.2. The molecule has 1 aromatic rings. The van der Waals surface area contributed by atoms with E-state index in [0.717, 1.165) is 0 Å². The van der Waals surface area contributed by atoms with E-state index in [1.807, 2.05) is 0 Å². The molecule has 0 fully saturated rings. The molecule has 0 spiro atoms. The van der Waals surface area contributed by atoms with Crippen LogP contribution in [0.25, 0.3) is 0 Å². The van der Waals surface area contributed by atoms with E-state index in [2.05, 4.69) is 15.0 Å². The maximum atomic E-state index is 12.0. The van der Waals surface area contributed by atoms with E-state index < -0.39 is 15.4 Å². The summed E-state index contributed by atoms with van der Waals surface area (Å²) in [5.74, 6) is -0.260. The average molecular weight is 286 g/mol. The number of carbonyl (C=O) groups excluding carboxylic acids is 1. The minimum Gasteiger partial charge on any atom is -0.396 e. The molecule has 0 saturated heterocycles. The third kappa shape index (κ3) is 3.65. The Morgan fingerprint density at radius 3 is 2.63 bits per heavy atom. The fourth-order valence-electron chi connectivity index (χ4n) is 1.39. The van der Waals surface area contributed by atoms with Crippen LogP contribution in [0.5, 0.6) is 0 Å². The van der Waals surface area contributed by atoms with Gasteiger partial charge in [0.2, 0.25) is 5.91 Å². The number of nitrogens with zero attached hydrogens (tertiary/aromatic N) is 1. The molecule has 0 unspecified atom stereocenters. The van der Waals surface area contributed by atoms with Crippen molar-refractivity contribution in [2.24, 2.45) is 5.41 Å². The van der Waals surface area contributed by atoms with Crippen LogP contribution < -0.4 is 15.8 Å². The molecule has 1 rings (SSSR count). The van der Waals surface area contributed by atoms with E-state index >= 15 is 0 Å². The average Bonchev–Trinajstić information content (AvgIpc) is 2.36. The third-order valence-corrected chi connectivity index (χ3v) is 3.98. The monoisotopic (exact) mass is 286 g/mol. The summed E-state index contributed by atoms with van der Waals surface area (Å²) in [6, 6.07) is 2.99. The summed E-state index contributed by atoms with van der Waals surface area (Å²) in [5.41, 5.74) is 4.76. The van der Waals surface area contributed by atoms with Crippen molar-refractivity contribution in [1.82, 2.24) is 15.0 Å². The van der Waals surface area contributed by atoms with Crippen molar-refractivity contribution in [3.8, 4) is 0 Å². The highest BCUT2D eigenvalue weighted by Gasteiger charge is 2.29. The van der Waals surface area contributed by atoms with Crippen molar-refractivity contribution in [2.45, 2.75) is 18.9 Å². The lowest BCUT2D eigenvalue weighted by molar-refractivity contribution is -0.128. The molecule has 1 heterocycles. The molecule has 4 N–H and O–H groups in total. The molecule has 0 radical (unpaired) electrons. The zero-order chi connectivity index (χ0) is 14.7. The van der Waals surface area contributed by atoms with Gasteiger partial charge < -0.3 is 11.1 Å². The predicted octanol–water partition coefficient (Wildman–Crippen LogP) is -0.286. The van der Waals surface area contributed by atoms with Crippen molar-refractivity contribution in [3.05, 3.63) is 18.3 Å². The van der Waals surface area contributed by atoms with Gasteiger partial charge in [0.05, 0.1) is 11.1 Å². The molecule has 1 amide bonds. The third-order valence-electron chi connectivity index (χ3n) is 2.60. The highest BCUT2D eigenvalue weighted by molar-refractivity contribution is 7.89. The van der Waals surface area contributed by atoms with Gasteiger partial charge in [0, 0.05) is 19.8 Å². The van der Waals surface area contributed by atoms with Gasteiger partial charge in [0.25, 0.3) is 10.0 Å². The molecule has 0 bridgehead atoms. The number of hydrogen-bond donors (Lipinski definition) is 3. The van der Waals surface area contributed by atoms with E-state index in [0.29, 0.717) is 0 Å². The number of nitrogens with two attached hydrogens (primary N) is 1. The smallest absolute Gasteiger partial charge is 0.260 e. The van der Waals surface area contributed by atoms with Gasteiger partial charge in [0.1, 0.15) is 0 Å². The largest absolute Gasteiger partial charge is 0.396 e. The van der Waals surface area contributed by atoms with Crippen LogP contribution in [0.2, 0.25) is 0 Å². The summed E-state index contributed by atoms with van der Waals surface area (Å²) in [7, 11) is -2.34. The SMILES string of the molecule is CNC(=O)C(C)(C)CNS(=O)(=O)c1ncccc1N. The van der Waals surface area contributed by atoms with Crippen LogP contribution in [0.3, 0.4) is 0 Å². The number of aromatic nitrogens is 1. The van der Waals surface area contributed by atoms with Crippen molar-refractivity contribution in [3.63, 3.8) is 0 Å². The van der Waals surface area contributed by atoms with Gasteiger partial charge in [0.15, 0.2) is 5.03 Å². The molecular formula is C11H18N4O3S. The highest BCUT2D eigenvalue weighted by Crippen LogP contribution is 2.17. The number of hydrogen-bond acceptors (Lipinski definition) is 5. The fraction of sp³-hybridized carbons (Fsp3) is 0.455. The Balaban J connectivity index is 2.89. The number of sulfonamides is 1. The van der Waals surface area contributed by atoms with Crippen molar-refractivity contribution in [2.75, 3.05) is 19.3 Å². The first kappa shape index (κ1) is 15.4. The van der Waals surface area contributed by atoms with E-state index in [4.69, 9.17) is 5.73 Å². The van der Waals surface area contributed by atoms with Crippen molar-refractivity contribution in [1.29, 1.82) is 0 Å². The summed E-state index contributed by atoms with van der Waals surface area (Å²) in [6.07, 6.45) is 1.34. The second-order valence-corrected chi connectivity index (χ2v) is 6.37. The van der Waals surface area contributed by atoms with Gasteiger partial charge >= 0.3 is 0 Å². The first-order valence-electron chi connectivity index (χ1n) is 5.63. The summed E-state index contributed by atoms with van der Waals surface area (Å²) in [6.45, 7) is 3.22. The minimum absolute atomic E-state index is 0.0506. The van der Waals surface area contributed by atoms with E-state index in [1.165, 1.54) is 19.3 Å². The Labute approximate surface area is 112 Å². The number of anilines is 1. The maximum Gasteiger partial charge on any atom is 0.260 e. The van der Waals surface area contributed by atoms with E-state index in [1.54, 1.807) is 19.9 Å². The van der Waals surface area contributed by atoms with Crippen LogP contribution in [0, 0.1) is 5.41 Å². The molecule has 0 aliphatic heterocycles. The number of carbonyl (C=O) groups is 1. The van der Waals surface area contributed by atoms with Gasteiger partial charge in [-0.3, -0.25) is 4.79 Å². The minimum atomic E-state index is -3.83. The van der Waals surface area contributed by atoms with Gasteiger partial charge in [-0.1, -0.05) is 0 Å². The zero-order valence-corrected chi connectivity index (χ0v) is 11.9. The van der Waals surface area contributed by atoms with Crippen LogP contribution in [0.4, 0.5) is 5.69 Å². The molecule has 0 atom stereocenters. The van der Waals surface area contributed by atoms with Gasteiger partial charge in [-0.25, -0.2) is 18.1 Å². The Kier molecular flexibility index (Phi) is 4.48. The fourth-order valence-corrected chi connectivity index (χ4v) is 2.66. The molecule has 7 nitrogen and oxygen atoms in total. The maximum absolute atomic E-state index is 12.0. The molecule has 1 aromatic heterocycles. The lowest BCUT2D eigenvalue weighted by Crippen LogP contribution is -2.43. The molecule has 0 saturated carbocycles. The highest BCUT2D eigenvalue weighted by atomic mass is 32.2. The summed E-state index contributed by atoms with van der Waals surface area (Å²) in [4.78, 5) is 15.3. The van der Waals surface area contributed by atoms with E-state index in [9.17, 15) is 13.2 Å². The molecular weight excluding hydrogens is 268 g/mol.